The molecule has 0 heterocycles. The molecule has 2 aromatic carbocycles. The van der Waals surface area contributed by atoms with Crippen molar-refractivity contribution in [3.8, 4) is 11.5 Å². The lowest BCUT2D eigenvalue weighted by atomic mass is 9.79. The van der Waals surface area contributed by atoms with Crippen LogP contribution in [0.4, 0.5) is 0 Å². The van der Waals surface area contributed by atoms with Crippen LogP contribution in [0.25, 0.3) is 0 Å². The average molecular weight is 669 g/mol. The van der Waals surface area contributed by atoms with Gasteiger partial charge in [0.15, 0.2) is 0 Å². The van der Waals surface area contributed by atoms with Crippen LogP contribution in [0.2, 0.25) is 0 Å². The Morgan fingerprint density at radius 2 is 1.16 bits per heavy atom. The molecule has 0 radical (unpaired) electrons. The van der Waals surface area contributed by atoms with Crippen molar-refractivity contribution in [3.63, 3.8) is 0 Å². The van der Waals surface area contributed by atoms with Crippen molar-refractivity contribution in [2.75, 3.05) is 13.2 Å². The Morgan fingerprint density at radius 3 is 1.59 bits per heavy atom. The van der Waals surface area contributed by atoms with Crippen LogP contribution in [0.15, 0.2) is 34.1 Å². The number of phenolic OH excluding ortho intramolecular Hbond substituents is 1. The highest BCUT2D eigenvalue weighted by molar-refractivity contribution is 8.18. The van der Waals surface area contributed by atoms with Crippen LogP contribution in [-0.4, -0.2) is 35.4 Å². The molecule has 0 fully saturated rings. The number of hydrogen-bond acceptors (Lipinski definition) is 7. The van der Waals surface area contributed by atoms with Crippen molar-refractivity contribution in [2.45, 2.75) is 145 Å². The van der Waals surface area contributed by atoms with Gasteiger partial charge in [-0.05, 0) is 72.1 Å². The van der Waals surface area contributed by atoms with Gasteiger partial charge in [-0.3, -0.25) is 4.55 Å². The molecular formula is C35H56O6S3. The first-order valence-corrected chi connectivity index (χ1v) is 18.3. The van der Waals surface area contributed by atoms with Gasteiger partial charge in [-0.15, -0.1) is 23.5 Å². The third-order valence-corrected chi connectivity index (χ3v) is 10.1. The van der Waals surface area contributed by atoms with Gasteiger partial charge in [0, 0.05) is 26.5 Å². The Morgan fingerprint density at radius 1 is 0.682 bits per heavy atom. The van der Waals surface area contributed by atoms with E-state index in [1.807, 2.05) is 11.8 Å². The molecule has 0 aliphatic carbocycles. The summed E-state index contributed by atoms with van der Waals surface area (Å²) in [5.74, 6) is 1.26. The van der Waals surface area contributed by atoms with Crippen molar-refractivity contribution in [2.24, 2.45) is 0 Å². The first kappa shape index (κ1) is 38.8. The summed E-state index contributed by atoms with van der Waals surface area (Å²) in [5, 5.41) is 11.2. The van der Waals surface area contributed by atoms with Gasteiger partial charge in [-0.25, -0.2) is 4.18 Å². The van der Waals surface area contributed by atoms with Gasteiger partial charge >= 0.3 is 10.4 Å². The number of rotatable bonds is 11. The van der Waals surface area contributed by atoms with Crippen LogP contribution < -0.4 is 4.74 Å². The molecule has 0 saturated carbocycles. The summed E-state index contributed by atoms with van der Waals surface area (Å²) in [5.41, 5.74) is 3.40. The number of aromatic hydroxyl groups is 1. The zero-order chi connectivity index (χ0) is 34.1. The van der Waals surface area contributed by atoms with Crippen molar-refractivity contribution in [3.05, 3.63) is 46.5 Å². The van der Waals surface area contributed by atoms with Gasteiger partial charge in [0.25, 0.3) is 0 Å². The summed E-state index contributed by atoms with van der Waals surface area (Å²) in [6.07, 6.45) is 1.02. The maximum atomic E-state index is 11.2. The zero-order valence-electron chi connectivity index (χ0n) is 29.4. The fourth-order valence-corrected chi connectivity index (χ4v) is 8.16. The molecule has 2 aromatic rings. The number of ether oxygens (including phenoxy) is 1. The zero-order valence-corrected chi connectivity index (χ0v) is 31.8. The summed E-state index contributed by atoms with van der Waals surface area (Å²) in [7, 11) is -4.44. The Hall–Kier alpha value is -1.39. The second kappa shape index (κ2) is 13.8. The topological polar surface area (TPSA) is 93.1 Å². The fourth-order valence-electron chi connectivity index (χ4n) is 5.02. The predicted octanol–water partition coefficient (Wildman–Crippen LogP) is 10.2. The number of unbranched alkanes of at least 4 members (excludes halogenated alkanes) is 1. The molecule has 6 nitrogen and oxygen atoms in total. The van der Waals surface area contributed by atoms with E-state index >= 15 is 0 Å². The largest absolute Gasteiger partial charge is 0.507 e. The summed E-state index contributed by atoms with van der Waals surface area (Å²) < 4.78 is 41.4. The second-order valence-corrected chi connectivity index (χ2v) is 20.8. The monoisotopic (exact) mass is 668 g/mol. The van der Waals surface area contributed by atoms with Gasteiger partial charge in [0.1, 0.15) is 11.5 Å². The molecular weight excluding hydrogens is 613 g/mol. The highest BCUT2D eigenvalue weighted by atomic mass is 32.3. The highest BCUT2D eigenvalue weighted by Gasteiger charge is 2.34. The molecule has 0 aliphatic heterocycles. The Balaban J connectivity index is 2.53. The SMILES string of the molecule is CC(C)(Sc1cc(C(C)(C)C)c(O)c(C(C)(C)C)c1)Sc1ccc(C(C)(C)C)c(OCCCCOS(=O)(=O)O)c1C(C)(C)C. The van der Waals surface area contributed by atoms with Crippen LogP contribution in [-0.2, 0) is 36.2 Å². The van der Waals surface area contributed by atoms with Gasteiger partial charge in [-0.1, -0.05) is 89.2 Å². The van der Waals surface area contributed by atoms with Gasteiger partial charge in [0.2, 0.25) is 0 Å². The highest BCUT2D eigenvalue weighted by Crippen LogP contribution is 2.52. The number of benzene rings is 2. The molecule has 0 atom stereocenters. The quantitative estimate of drug-likeness (QED) is 0.106. The van der Waals surface area contributed by atoms with Crippen molar-refractivity contribution >= 4 is 33.9 Å². The summed E-state index contributed by atoms with van der Waals surface area (Å²) in [6, 6.07) is 8.68. The van der Waals surface area contributed by atoms with Gasteiger partial charge in [-0.2, -0.15) is 8.42 Å². The number of thioether (sulfide) groups is 2. The lowest BCUT2D eigenvalue weighted by Gasteiger charge is -2.34. The molecule has 2 rings (SSSR count). The van der Waals surface area contributed by atoms with E-state index < -0.39 is 10.4 Å². The van der Waals surface area contributed by atoms with Gasteiger partial charge in [0.05, 0.1) is 17.3 Å². The number of phenols is 1. The molecule has 0 bridgehead atoms. The maximum Gasteiger partial charge on any atom is 0.397 e. The molecule has 44 heavy (non-hydrogen) atoms. The van der Waals surface area contributed by atoms with E-state index in [0.717, 1.165) is 37.8 Å². The van der Waals surface area contributed by atoms with Crippen LogP contribution in [0, 0.1) is 0 Å². The van der Waals surface area contributed by atoms with E-state index in [9.17, 15) is 13.5 Å². The van der Waals surface area contributed by atoms with E-state index in [1.165, 1.54) is 0 Å². The van der Waals surface area contributed by atoms with Crippen molar-refractivity contribution in [1.82, 2.24) is 0 Å². The van der Waals surface area contributed by atoms with Crippen molar-refractivity contribution in [1.29, 1.82) is 0 Å². The smallest absolute Gasteiger partial charge is 0.397 e. The minimum Gasteiger partial charge on any atom is -0.507 e. The normalized spacial score (nSPS) is 13.8. The second-order valence-electron chi connectivity index (χ2n) is 16.1. The first-order chi connectivity index (χ1) is 19.6. The minimum atomic E-state index is -4.44. The van der Waals surface area contributed by atoms with E-state index in [2.05, 4.69) is 125 Å². The number of hydrogen-bond donors (Lipinski definition) is 2. The molecule has 9 heteroatoms. The van der Waals surface area contributed by atoms with Crippen LogP contribution in [0.1, 0.15) is 132 Å². The van der Waals surface area contributed by atoms with E-state index in [-0.39, 0.29) is 32.3 Å². The van der Waals surface area contributed by atoms with Gasteiger partial charge < -0.3 is 9.84 Å². The fraction of sp³-hybridized carbons (Fsp3) is 0.657. The summed E-state index contributed by atoms with van der Waals surface area (Å²) in [4.78, 5) is 2.28. The lowest BCUT2D eigenvalue weighted by molar-refractivity contribution is 0.240. The predicted molar refractivity (Wildman–Crippen MR) is 187 cm³/mol. The van der Waals surface area contributed by atoms with Crippen LogP contribution in [0.5, 0.6) is 11.5 Å². The first-order valence-electron chi connectivity index (χ1n) is 15.3. The maximum absolute atomic E-state index is 11.2. The molecule has 0 saturated heterocycles. The Kier molecular flexibility index (Phi) is 12.1. The molecule has 0 aliphatic rings. The Labute approximate surface area is 276 Å². The average Bonchev–Trinajstić information content (AvgIpc) is 2.78. The van der Waals surface area contributed by atoms with Crippen molar-refractivity contribution < 1.29 is 27.0 Å². The molecule has 250 valence electrons. The summed E-state index contributed by atoms with van der Waals surface area (Å²) >= 11 is 3.62. The van der Waals surface area contributed by atoms with Crippen LogP contribution >= 0.6 is 23.5 Å². The standard InChI is InChI=1S/C35H56O6S3/c1-31(2,3)24-17-18-27(28(34(10,11)12)30(24)40-19-15-16-20-41-44(37,38)39)43-35(13,14)42-23-21-25(32(4,5)6)29(36)26(22-23)33(7,8)9/h17-18,21-22,36H,15-16,19-20H2,1-14H3,(H,37,38,39). The third-order valence-electron chi connectivity index (χ3n) is 7.11. The third kappa shape index (κ3) is 11.1. The van der Waals surface area contributed by atoms with E-state index in [1.54, 1.807) is 11.8 Å². The molecule has 0 aromatic heterocycles. The molecule has 0 amide bonds. The minimum absolute atomic E-state index is 0.0904. The molecule has 0 spiro atoms. The Bertz CT molecular complexity index is 1370. The van der Waals surface area contributed by atoms with E-state index in [0.29, 0.717) is 25.2 Å². The lowest BCUT2D eigenvalue weighted by Crippen LogP contribution is -2.22. The van der Waals surface area contributed by atoms with Crippen LogP contribution in [0.3, 0.4) is 0 Å². The molecule has 0 unspecified atom stereocenters. The summed E-state index contributed by atoms with van der Waals surface area (Å²) in [6.45, 7) is 30.8. The van der Waals surface area contributed by atoms with E-state index in [4.69, 9.17) is 9.29 Å². The molecule has 2 N–H and O–H groups in total.